The highest BCUT2D eigenvalue weighted by molar-refractivity contribution is 5.89. The molecule has 3 aromatic carbocycles. The average molecular weight is 609 g/mol. The third-order valence-electron chi connectivity index (χ3n) is 8.84. The maximum absolute atomic E-state index is 14.3. The number of H-pyrrole nitrogens is 1. The van der Waals surface area contributed by atoms with E-state index in [4.69, 9.17) is 14.2 Å². The zero-order valence-corrected chi connectivity index (χ0v) is 25.4. The van der Waals surface area contributed by atoms with Crippen LogP contribution in [0.5, 0.6) is 17.2 Å². The zero-order chi connectivity index (χ0) is 31.1. The number of fused-ring (bicyclic) bond motifs is 3. The molecule has 3 N–H and O–H groups in total. The van der Waals surface area contributed by atoms with E-state index in [1.54, 1.807) is 16.5 Å². The van der Waals surface area contributed by atoms with Gasteiger partial charge in [0.25, 0.3) is 5.56 Å². The van der Waals surface area contributed by atoms with Crippen LogP contribution in [0.25, 0.3) is 21.8 Å². The van der Waals surface area contributed by atoms with Crippen LogP contribution in [0.4, 0.5) is 4.79 Å². The van der Waals surface area contributed by atoms with Gasteiger partial charge in [-0.3, -0.25) is 4.79 Å². The van der Waals surface area contributed by atoms with Gasteiger partial charge < -0.3 is 39.1 Å². The van der Waals surface area contributed by atoms with E-state index in [-0.39, 0.29) is 22.9 Å². The Morgan fingerprint density at radius 3 is 2.64 bits per heavy atom. The number of rotatable bonds is 6. The molecule has 1 atom stereocenters. The number of aromatic amines is 1. The second-order valence-electron chi connectivity index (χ2n) is 11.6. The summed E-state index contributed by atoms with van der Waals surface area (Å²) in [5, 5.41) is 16.5. The van der Waals surface area contributed by atoms with E-state index >= 15 is 0 Å². The molecule has 2 aromatic heterocycles. The molecular weight excluding hydrogens is 572 g/mol. The number of amides is 2. The number of hydrogen-bond donors (Lipinski definition) is 3. The van der Waals surface area contributed by atoms with E-state index in [0.717, 1.165) is 27.7 Å². The van der Waals surface area contributed by atoms with Crippen molar-refractivity contribution in [3.05, 3.63) is 99.0 Å². The van der Waals surface area contributed by atoms with Crippen molar-refractivity contribution < 1.29 is 24.1 Å². The largest absolute Gasteiger partial charge is 0.507 e. The van der Waals surface area contributed by atoms with Crippen LogP contribution in [0, 0.1) is 6.92 Å². The van der Waals surface area contributed by atoms with E-state index in [9.17, 15) is 14.7 Å². The molecule has 45 heavy (non-hydrogen) atoms. The molecule has 0 spiro atoms. The number of morpholine rings is 1. The molecule has 0 bridgehead atoms. The van der Waals surface area contributed by atoms with Crippen LogP contribution in [-0.2, 0) is 18.2 Å². The first-order valence-corrected chi connectivity index (χ1v) is 15.3. The molecule has 10 nitrogen and oxygen atoms in total. The summed E-state index contributed by atoms with van der Waals surface area (Å²) in [6.45, 7) is 5.36. The molecule has 2 aliphatic heterocycles. The quantitative estimate of drug-likeness (QED) is 0.260. The summed E-state index contributed by atoms with van der Waals surface area (Å²) in [6, 6.07) is 19.0. The van der Waals surface area contributed by atoms with E-state index in [1.165, 1.54) is 0 Å². The minimum Gasteiger partial charge on any atom is -0.507 e. The zero-order valence-electron chi connectivity index (χ0n) is 25.4. The Morgan fingerprint density at radius 2 is 1.80 bits per heavy atom. The predicted molar refractivity (Wildman–Crippen MR) is 172 cm³/mol. The van der Waals surface area contributed by atoms with Crippen LogP contribution in [-0.4, -0.2) is 71.7 Å². The summed E-state index contributed by atoms with van der Waals surface area (Å²) in [6.07, 6.45) is 0.492. The van der Waals surface area contributed by atoms with Crippen molar-refractivity contribution in [3.63, 3.8) is 0 Å². The highest BCUT2D eigenvalue weighted by atomic mass is 16.6. The van der Waals surface area contributed by atoms with Crippen LogP contribution in [0.3, 0.4) is 0 Å². The second kappa shape index (κ2) is 11.9. The Labute approximate surface area is 260 Å². The first-order chi connectivity index (χ1) is 21.9. The normalized spacial score (nSPS) is 15.4. The average Bonchev–Trinajstić information content (AvgIpc) is 3.42. The lowest BCUT2D eigenvalue weighted by Crippen LogP contribution is -2.46. The molecule has 5 aromatic rings. The highest BCUT2D eigenvalue weighted by Gasteiger charge is 2.34. The van der Waals surface area contributed by atoms with Gasteiger partial charge in [0.1, 0.15) is 19.0 Å². The number of aromatic nitrogens is 2. The third-order valence-corrected chi connectivity index (χ3v) is 8.84. The lowest BCUT2D eigenvalue weighted by molar-refractivity contribution is 0.0533. The number of para-hydroxylation sites is 2. The van der Waals surface area contributed by atoms with Crippen molar-refractivity contribution in [1.82, 2.24) is 19.8 Å². The third kappa shape index (κ3) is 5.14. The summed E-state index contributed by atoms with van der Waals surface area (Å²) in [4.78, 5) is 32.6. The van der Waals surface area contributed by atoms with Crippen LogP contribution in [0.2, 0.25) is 0 Å². The van der Waals surface area contributed by atoms with Gasteiger partial charge in [-0.05, 0) is 49.2 Å². The number of aryl methyl sites for hydroxylation is 2. The number of nitrogens with one attached hydrogen (secondary N) is 2. The van der Waals surface area contributed by atoms with E-state index < -0.39 is 5.92 Å². The summed E-state index contributed by atoms with van der Waals surface area (Å²) in [5.74, 6) is 0.328. The Morgan fingerprint density at radius 1 is 1.00 bits per heavy atom. The first-order valence-electron chi connectivity index (χ1n) is 15.3. The molecule has 232 valence electrons. The number of nitrogens with zero attached hydrogens (tertiary/aromatic N) is 2. The fraction of sp³-hybridized carbons (Fsp3) is 0.314. The van der Waals surface area contributed by atoms with Crippen LogP contribution in [0.15, 0.2) is 65.5 Å². The fourth-order valence-corrected chi connectivity index (χ4v) is 6.61. The van der Waals surface area contributed by atoms with Crippen LogP contribution < -0.4 is 20.3 Å². The van der Waals surface area contributed by atoms with Gasteiger partial charge in [0, 0.05) is 54.2 Å². The predicted octanol–water partition coefficient (Wildman–Crippen LogP) is 4.57. The minimum atomic E-state index is -0.734. The molecule has 1 unspecified atom stereocenters. The smallest absolute Gasteiger partial charge is 0.317 e. The molecular formula is C35H36N4O6. The topological polar surface area (TPSA) is 118 Å². The Kier molecular flexibility index (Phi) is 7.58. The Balaban J connectivity index is 1.42. The number of ether oxygens (including phenoxy) is 3. The number of urea groups is 1. The van der Waals surface area contributed by atoms with Gasteiger partial charge in [-0.25, -0.2) is 4.79 Å². The summed E-state index contributed by atoms with van der Waals surface area (Å²) in [7, 11) is 1.72. The molecule has 2 aliphatic rings. The SMILES string of the molecule is Cc1ccc2[nH]c(C(c3cccc4c3OCCO4)c3c(O)c4ccccc4n(C)c3=O)c(CCNC(=O)N3CCOCC3)c2c1. The number of benzene rings is 3. The Hall–Kier alpha value is -4.96. The van der Waals surface area contributed by atoms with E-state index in [2.05, 4.69) is 16.4 Å². The molecule has 1 fully saturated rings. The lowest BCUT2D eigenvalue weighted by atomic mass is 9.84. The van der Waals surface area contributed by atoms with Gasteiger partial charge >= 0.3 is 6.03 Å². The monoisotopic (exact) mass is 608 g/mol. The lowest BCUT2D eigenvalue weighted by Gasteiger charge is -2.27. The molecule has 0 aliphatic carbocycles. The van der Waals surface area contributed by atoms with Crippen molar-refractivity contribution in [2.45, 2.75) is 19.3 Å². The molecule has 0 saturated carbocycles. The van der Waals surface area contributed by atoms with Crippen LogP contribution in [0.1, 0.15) is 33.9 Å². The number of aromatic hydroxyl groups is 1. The van der Waals surface area contributed by atoms with Crippen molar-refractivity contribution in [1.29, 1.82) is 0 Å². The molecule has 4 heterocycles. The maximum Gasteiger partial charge on any atom is 0.317 e. The number of carbonyl (C=O) groups is 1. The highest BCUT2D eigenvalue weighted by Crippen LogP contribution is 2.47. The van der Waals surface area contributed by atoms with Crippen molar-refractivity contribution in [3.8, 4) is 17.2 Å². The molecule has 1 saturated heterocycles. The van der Waals surface area contributed by atoms with E-state index in [0.29, 0.717) is 80.4 Å². The van der Waals surface area contributed by atoms with Crippen molar-refractivity contribution in [2.24, 2.45) is 7.05 Å². The van der Waals surface area contributed by atoms with Gasteiger partial charge in [0.2, 0.25) is 0 Å². The maximum atomic E-state index is 14.3. The first kappa shape index (κ1) is 28.8. The number of hydrogen-bond acceptors (Lipinski definition) is 6. The fourth-order valence-electron chi connectivity index (χ4n) is 6.61. The summed E-state index contributed by atoms with van der Waals surface area (Å²) in [5.41, 5.74) is 4.95. The molecule has 2 amide bonds. The number of pyridine rings is 1. The summed E-state index contributed by atoms with van der Waals surface area (Å²) < 4.78 is 19.1. The van der Waals surface area contributed by atoms with Crippen LogP contribution >= 0.6 is 0 Å². The number of carbonyl (C=O) groups excluding carboxylic acids is 1. The van der Waals surface area contributed by atoms with E-state index in [1.807, 2.05) is 61.5 Å². The Bertz CT molecular complexity index is 1970. The standard InChI is InChI=1S/C35H36N4O6/c1-21-10-11-26-25(20-21)22(12-13-36-35(42)39-14-16-43-17-15-39)31(37-26)29(24-7-5-9-28-33(24)45-19-18-44-28)30-32(40)23-6-3-4-8-27(23)38(2)34(30)41/h3-11,20,29,37,40H,12-19H2,1-2H3,(H,36,42). The van der Waals surface area contributed by atoms with Crippen molar-refractivity contribution >= 4 is 27.8 Å². The van der Waals surface area contributed by atoms with Gasteiger partial charge in [-0.15, -0.1) is 0 Å². The van der Waals surface area contributed by atoms with Crippen molar-refractivity contribution in [2.75, 3.05) is 46.1 Å². The minimum absolute atomic E-state index is 0.0746. The van der Waals surface area contributed by atoms with Gasteiger partial charge in [-0.1, -0.05) is 35.9 Å². The molecule has 7 rings (SSSR count). The van der Waals surface area contributed by atoms with Gasteiger partial charge in [-0.2, -0.15) is 0 Å². The van der Waals surface area contributed by atoms with Gasteiger partial charge in [0.15, 0.2) is 11.5 Å². The van der Waals surface area contributed by atoms with Gasteiger partial charge in [0.05, 0.1) is 30.2 Å². The molecule has 10 heteroatoms. The second-order valence-corrected chi connectivity index (χ2v) is 11.6. The summed E-state index contributed by atoms with van der Waals surface area (Å²) >= 11 is 0. The molecule has 0 radical (unpaired) electrons.